The topological polar surface area (TPSA) is 78.2 Å². The monoisotopic (exact) mass is 463 g/mol. The van der Waals surface area contributed by atoms with Crippen LogP contribution >= 0.6 is 0 Å². The van der Waals surface area contributed by atoms with E-state index in [0.717, 1.165) is 53.9 Å². The van der Waals surface area contributed by atoms with Gasteiger partial charge in [0.2, 0.25) is 6.79 Å². The van der Waals surface area contributed by atoms with E-state index in [-0.39, 0.29) is 25.1 Å². The van der Waals surface area contributed by atoms with Crippen LogP contribution in [0.5, 0.6) is 17.2 Å². The van der Waals surface area contributed by atoms with Gasteiger partial charge in [0.15, 0.2) is 11.5 Å². The van der Waals surface area contributed by atoms with Crippen molar-refractivity contribution in [1.82, 2.24) is 4.90 Å². The number of likely N-dealkylation sites (tertiary alicyclic amines) is 1. The van der Waals surface area contributed by atoms with Crippen molar-refractivity contribution < 1.29 is 23.4 Å². The van der Waals surface area contributed by atoms with Crippen molar-refractivity contribution in [3.63, 3.8) is 0 Å². The van der Waals surface area contributed by atoms with Crippen LogP contribution in [0, 0.1) is 6.92 Å². The molecule has 0 aliphatic carbocycles. The van der Waals surface area contributed by atoms with E-state index in [1.54, 1.807) is 6.07 Å². The first kappa shape index (κ1) is 22.5. The van der Waals surface area contributed by atoms with E-state index in [2.05, 4.69) is 11.9 Å². The third-order valence-electron chi connectivity index (χ3n) is 6.65. The van der Waals surface area contributed by atoms with Crippen molar-refractivity contribution in [2.24, 2.45) is 0 Å². The van der Waals surface area contributed by atoms with Crippen LogP contribution in [-0.2, 0) is 17.6 Å². The summed E-state index contributed by atoms with van der Waals surface area (Å²) in [6.07, 6.45) is 3.08. The minimum absolute atomic E-state index is 0.0109. The van der Waals surface area contributed by atoms with E-state index < -0.39 is 5.63 Å². The Balaban J connectivity index is 1.26. The molecule has 0 N–H and O–H groups in total. The maximum Gasteiger partial charge on any atom is 0.339 e. The molecule has 1 saturated heterocycles. The minimum atomic E-state index is -0.469. The number of hydrogen-bond donors (Lipinski definition) is 0. The van der Waals surface area contributed by atoms with Crippen LogP contribution in [0.4, 0.5) is 0 Å². The number of carbonyl (C=O) groups excluding carboxylic acids is 1. The smallest absolute Gasteiger partial charge is 0.339 e. The zero-order valence-electron chi connectivity index (χ0n) is 19.6. The SMILES string of the molecule is Cc1c(OC2CCN(C)CC2)ccc2cc(CC(=O)CCc3ccc4c(c3)OCO4)c(=O)oc12. The van der Waals surface area contributed by atoms with E-state index in [4.69, 9.17) is 18.6 Å². The molecule has 0 atom stereocenters. The van der Waals surface area contributed by atoms with Gasteiger partial charge in [-0.05, 0) is 69.1 Å². The number of benzene rings is 2. The molecular formula is C27H29NO6. The third kappa shape index (κ3) is 4.80. The van der Waals surface area contributed by atoms with Crippen LogP contribution in [-0.4, -0.2) is 43.7 Å². The van der Waals surface area contributed by atoms with Gasteiger partial charge in [0, 0.05) is 42.4 Å². The highest BCUT2D eigenvalue weighted by Gasteiger charge is 2.20. The first-order valence-corrected chi connectivity index (χ1v) is 11.8. The van der Waals surface area contributed by atoms with Crippen LogP contribution in [0.25, 0.3) is 11.0 Å². The van der Waals surface area contributed by atoms with Gasteiger partial charge >= 0.3 is 5.63 Å². The Morgan fingerprint density at radius 2 is 1.88 bits per heavy atom. The highest BCUT2D eigenvalue weighted by molar-refractivity contribution is 5.85. The summed E-state index contributed by atoms with van der Waals surface area (Å²) in [6, 6.07) is 11.3. The Labute approximate surface area is 198 Å². The molecule has 2 aliphatic rings. The second-order valence-corrected chi connectivity index (χ2v) is 9.19. The van der Waals surface area contributed by atoms with Crippen molar-refractivity contribution >= 4 is 16.8 Å². The van der Waals surface area contributed by atoms with E-state index in [1.165, 1.54) is 0 Å². The van der Waals surface area contributed by atoms with Gasteiger partial charge in [-0.15, -0.1) is 0 Å². The molecule has 0 unspecified atom stereocenters. The Kier molecular flexibility index (Phi) is 6.28. The fourth-order valence-electron chi connectivity index (χ4n) is 4.56. The molecule has 0 saturated carbocycles. The molecule has 0 bridgehead atoms. The molecule has 0 radical (unpaired) electrons. The predicted octanol–water partition coefficient (Wildman–Crippen LogP) is 4.05. The molecule has 2 aliphatic heterocycles. The van der Waals surface area contributed by atoms with Gasteiger partial charge in [0.25, 0.3) is 0 Å². The molecule has 7 nitrogen and oxygen atoms in total. The summed E-state index contributed by atoms with van der Waals surface area (Å²) in [5.41, 5.74) is 2.24. The molecule has 3 aromatic rings. The first-order chi connectivity index (χ1) is 16.5. The number of ketones is 1. The number of carbonyl (C=O) groups is 1. The van der Waals surface area contributed by atoms with Crippen molar-refractivity contribution in [2.75, 3.05) is 26.9 Å². The lowest BCUT2D eigenvalue weighted by Gasteiger charge is -2.29. The molecule has 5 rings (SSSR count). The second kappa shape index (κ2) is 9.50. The van der Waals surface area contributed by atoms with Crippen LogP contribution in [0.1, 0.15) is 36.0 Å². The molecule has 2 aromatic carbocycles. The van der Waals surface area contributed by atoms with Gasteiger partial charge in [0.05, 0.1) is 0 Å². The number of piperidine rings is 1. The Bertz CT molecular complexity index is 1270. The van der Waals surface area contributed by atoms with Gasteiger partial charge in [-0.2, -0.15) is 0 Å². The fourth-order valence-corrected chi connectivity index (χ4v) is 4.56. The maximum absolute atomic E-state index is 12.7. The Morgan fingerprint density at radius 3 is 2.71 bits per heavy atom. The Hall–Kier alpha value is -3.32. The molecule has 1 fully saturated rings. The summed E-state index contributed by atoms with van der Waals surface area (Å²) in [5, 5.41) is 0.798. The van der Waals surface area contributed by atoms with Crippen molar-refractivity contribution in [3.8, 4) is 17.2 Å². The second-order valence-electron chi connectivity index (χ2n) is 9.19. The molecule has 7 heteroatoms. The number of nitrogens with zero attached hydrogens (tertiary/aromatic N) is 1. The van der Waals surface area contributed by atoms with E-state index in [1.807, 2.05) is 37.3 Å². The number of rotatable bonds is 7. The van der Waals surface area contributed by atoms with E-state index in [0.29, 0.717) is 29.7 Å². The lowest BCUT2D eigenvalue weighted by Crippen LogP contribution is -2.35. The van der Waals surface area contributed by atoms with Crippen LogP contribution in [0.15, 0.2) is 45.6 Å². The van der Waals surface area contributed by atoms with Gasteiger partial charge < -0.3 is 23.5 Å². The summed E-state index contributed by atoms with van der Waals surface area (Å²) in [4.78, 5) is 27.6. The zero-order chi connectivity index (χ0) is 23.7. The first-order valence-electron chi connectivity index (χ1n) is 11.8. The van der Waals surface area contributed by atoms with Gasteiger partial charge in [-0.25, -0.2) is 4.79 Å². The average Bonchev–Trinajstić information content (AvgIpc) is 3.30. The molecule has 3 heterocycles. The molecule has 178 valence electrons. The number of ether oxygens (including phenoxy) is 3. The maximum atomic E-state index is 12.7. The summed E-state index contributed by atoms with van der Waals surface area (Å²) < 4.78 is 22.6. The van der Waals surface area contributed by atoms with Gasteiger partial charge in [-0.1, -0.05) is 6.07 Å². The highest BCUT2D eigenvalue weighted by atomic mass is 16.7. The lowest BCUT2D eigenvalue weighted by atomic mass is 10.0. The number of fused-ring (bicyclic) bond motifs is 2. The highest BCUT2D eigenvalue weighted by Crippen LogP contribution is 2.33. The van der Waals surface area contributed by atoms with E-state index in [9.17, 15) is 9.59 Å². The van der Waals surface area contributed by atoms with Crippen LogP contribution in [0.3, 0.4) is 0 Å². The van der Waals surface area contributed by atoms with Crippen molar-refractivity contribution in [2.45, 2.75) is 45.1 Å². The van der Waals surface area contributed by atoms with Crippen molar-refractivity contribution in [3.05, 3.63) is 63.5 Å². The summed E-state index contributed by atoms with van der Waals surface area (Å²) in [7, 11) is 2.12. The Morgan fingerprint density at radius 1 is 1.09 bits per heavy atom. The van der Waals surface area contributed by atoms with Gasteiger partial charge in [-0.3, -0.25) is 4.79 Å². The molecular weight excluding hydrogens is 434 g/mol. The fraction of sp³-hybridized carbons (Fsp3) is 0.407. The molecule has 0 amide bonds. The number of aryl methyl sites for hydroxylation is 2. The zero-order valence-corrected chi connectivity index (χ0v) is 19.6. The molecule has 1 aromatic heterocycles. The molecule has 0 spiro atoms. The van der Waals surface area contributed by atoms with Crippen LogP contribution in [0.2, 0.25) is 0 Å². The quantitative estimate of drug-likeness (QED) is 0.489. The van der Waals surface area contributed by atoms with Crippen molar-refractivity contribution in [1.29, 1.82) is 0 Å². The van der Waals surface area contributed by atoms with Gasteiger partial charge in [0.1, 0.15) is 23.2 Å². The van der Waals surface area contributed by atoms with E-state index >= 15 is 0 Å². The largest absolute Gasteiger partial charge is 0.490 e. The summed E-state index contributed by atoms with van der Waals surface area (Å²) in [5.74, 6) is 2.16. The molecule has 34 heavy (non-hydrogen) atoms. The predicted molar refractivity (Wildman–Crippen MR) is 128 cm³/mol. The van der Waals surface area contributed by atoms with Crippen LogP contribution < -0.4 is 19.8 Å². The number of Topliss-reactive ketones (excluding diaryl/α,β-unsaturated/α-hetero) is 1. The average molecular weight is 464 g/mol. The standard InChI is InChI=1S/C27H29NO6/c1-17-23(33-22-9-11-28(2)12-10-22)8-5-19-14-20(27(30)34-26(17)19)15-21(29)6-3-18-4-7-24-25(13-18)32-16-31-24/h4-5,7-8,13-14,22H,3,6,9-12,15-16H2,1-2H3. The minimum Gasteiger partial charge on any atom is -0.490 e. The number of hydrogen-bond acceptors (Lipinski definition) is 7. The third-order valence-corrected chi connectivity index (χ3v) is 6.65. The summed E-state index contributed by atoms with van der Waals surface area (Å²) in [6.45, 7) is 4.16. The lowest BCUT2D eigenvalue weighted by molar-refractivity contribution is -0.118. The summed E-state index contributed by atoms with van der Waals surface area (Å²) >= 11 is 0. The normalized spacial score (nSPS) is 16.2.